The molecule has 0 aliphatic heterocycles. The highest BCUT2D eigenvalue weighted by Crippen LogP contribution is 2.44. The van der Waals surface area contributed by atoms with Crippen LogP contribution in [0.25, 0.3) is 0 Å². The lowest BCUT2D eigenvalue weighted by atomic mass is 9.68. The number of rotatable bonds is 5. The Morgan fingerprint density at radius 1 is 0.875 bits per heavy atom. The third-order valence-electron chi connectivity index (χ3n) is 6.59. The zero-order valence-electron chi connectivity index (χ0n) is 15.2. The number of hydrogen-bond donors (Lipinski definition) is 0. The SMILES string of the molecule is CCCc1ccc(C2CCC(C3CCC(/C=C/Br)CC3)CC2)cc1. The highest BCUT2D eigenvalue weighted by atomic mass is 79.9. The summed E-state index contributed by atoms with van der Waals surface area (Å²) in [5.74, 6) is 3.68. The van der Waals surface area contributed by atoms with Crippen molar-refractivity contribution < 1.29 is 0 Å². The van der Waals surface area contributed by atoms with Crippen LogP contribution in [0.5, 0.6) is 0 Å². The molecule has 24 heavy (non-hydrogen) atoms. The largest absolute Gasteiger partial charge is 0.0745 e. The second-order valence-corrected chi connectivity index (χ2v) is 8.63. The number of allylic oxidation sites excluding steroid dienone is 1. The molecular weight excluding hydrogens is 356 g/mol. The fourth-order valence-corrected chi connectivity index (χ4v) is 5.51. The molecule has 2 fully saturated rings. The quantitative estimate of drug-likeness (QED) is 0.486. The van der Waals surface area contributed by atoms with Crippen LogP contribution in [0.4, 0.5) is 0 Å². The van der Waals surface area contributed by atoms with Crippen molar-refractivity contribution >= 4 is 15.9 Å². The van der Waals surface area contributed by atoms with Crippen molar-refractivity contribution in [2.24, 2.45) is 17.8 Å². The molecule has 0 amide bonds. The molecule has 0 aromatic heterocycles. The summed E-state index contributed by atoms with van der Waals surface area (Å²) in [5, 5.41) is 0. The van der Waals surface area contributed by atoms with Crippen LogP contribution in [0.15, 0.2) is 35.3 Å². The van der Waals surface area contributed by atoms with E-state index in [-0.39, 0.29) is 0 Å². The lowest BCUT2D eigenvalue weighted by molar-refractivity contribution is 0.171. The van der Waals surface area contributed by atoms with Crippen molar-refractivity contribution in [3.05, 3.63) is 46.5 Å². The molecule has 0 nitrogen and oxygen atoms in total. The van der Waals surface area contributed by atoms with Crippen LogP contribution in [0.1, 0.15) is 81.8 Å². The maximum atomic E-state index is 3.44. The molecule has 0 radical (unpaired) electrons. The van der Waals surface area contributed by atoms with Gasteiger partial charge in [0.15, 0.2) is 0 Å². The first-order valence-electron chi connectivity index (χ1n) is 10.2. The number of benzene rings is 1. The molecule has 0 heterocycles. The fraction of sp³-hybridized carbons (Fsp3) is 0.652. The van der Waals surface area contributed by atoms with Crippen LogP contribution in [0.2, 0.25) is 0 Å². The van der Waals surface area contributed by atoms with Gasteiger partial charge in [-0.25, -0.2) is 0 Å². The van der Waals surface area contributed by atoms with Gasteiger partial charge in [-0.15, -0.1) is 0 Å². The van der Waals surface area contributed by atoms with Gasteiger partial charge in [0.25, 0.3) is 0 Å². The topological polar surface area (TPSA) is 0 Å². The van der Waals surface area contributed by atoms with Crippen molar-refractivity contribution in [3.8, 4) is 0 Å². The molecule has 2 saturated carbocycles. The highest BCUT2D eigenvalue weighted by molar-refractivity contribution is 9.11. The van der Waals surface area contributed by atoms with E-state index >= 15 is 0 Å². The Hall–Kier alpha value is -0.560. The summed E-state index contributed by atoms with van der Waals surface area (Å²) >= 11 is 3.44. The van der Waals surface area contributed by atoms with Gasteiger partial charge >= 0.3 is 0 Å². The number of aryl methyl sites for hydroxylation is 1. The summed E-state index contributed by atoms with van der Waals surface area (Å²) in [7, 11) is 0. The van der Waals surface area contributed by atoms with Gasteiger partial charge < -0.3 is 0 Å². The van der Waals surface area contributed by atoms with E-state index in [1.54, 1.807) is 5.56 Å². The third kappa shape index (κ3) is 4.75. The maximum absolute atomic E-state index is 3.44. The molecule has 0 unspecified atom stereocenters. The first-order chi connectivity index (χ1) is 11.8. The van der Waals surface area contributed by atoms with Gasteiger partial charge in [0.2, 0.25) is 0 Å². The Balaban J connectivity index is 1.47. The van der Waals surface area contributed by atoms with Gasteiger partial charge in [0, 0.05) is 0 Å². The smallest absolute Gasteiger partial charge is 0.0162 e. The number of halogens is 1. The van der Waals surface area contributed by atoms with E-state index in [2.05, 4.69) is 58.2 Å². The average Bonchev–Trinajstić information content (AvgIpc) is 2.64. The summed E-state index contributed by atoms with van der Waals surface area (Å²) in [6.45, 7) is 2.26. The lowest BCUT2D eigenvalue weighted by Gasteiger charge is -2.37. The van der Waals surface area contributed by atoms with Gasteiger partial charge in [-0.1, -0.05) is 59.6 Å². The second kappa shape index (κ2) is 9.22. The lowest BCUT2D eigenvalue weighted by Crippen LogP contribution is -2.25. The Kier molecular flexibility index (Phi) is 7.01. The van der Waals surface area contributed by atoms with Crippen molar-refractivity contribution in [1.29, 1.82) is 0 Å². The molecule has 3 rings (SSSR count). The van der Waals surface area contributed by atoms with Crippen LogP contribution < -0.4 is 0 Å². The summed E-state index contributed by atoms with van der Waals surface area (Å²) in [6.07, 6.45) is 16.3. The van der Waals surface area contributed by atoms with Crippen molar-refractivity contribution in [2.45, 2.75) is 77.0 Å². The standard InChI is InChI=1S/C23H33Br/c1-2-3-18-4-8-20(9-5-18)22-12-14-23(15-13-22)21-10-6-19(7-11-21)16-17-24/h4-5,8-9,16-17,19,21-23H,2-3,6-7,10-15H2,1H3/b17-16+. The molecular formula is C23H33Br. The van der Waals surface area contributed by atoms with Crippen LogP contribution in [-0.4, -0.2) is 0 Å². The van der Waals surface area contributed by atoms with E-state index in [0.717, 1.165) is 23.7 Å². The normalized spacial score (nSPS) is 31.4. The zero-order valence-corrected chi connectivity index (χ0v) is 16.8. The summed E-state index contributed by atoms with van der Waals surface area (Å²) in [5.41, 5.74) is 3.10. The van der Waals surface area contributed by atoms with E-state index in [0.29, 0.717) is 0 Å². The summed E-state index contributed by atoms with van der Waals surface area (Å²) in [6, 6.07) is 9.55. The minimum Gasteiger partial charge on any atom is -0.0745 e. The Bertz CT molecular complexity index is 499. The van der Waals surface area contributed by atoms with Crippen LogP contribution >= 0.6 is 15.9 Å². The van der Waals surface area contributed by atoms with E-state index in [4.69, 9.17) is 0 Å². The van der Waals surface area contributed by atoms with Gasteiger partial charge in [0.05, 0.1) is 0 Å². The summed E-state index contributed by atoms with van der Waals surface area (Å²) in [4.78, 5) is 2.06. The molecule has 2 aliphatic rings. The molecule has 1 heteroatoms. The molecule has 132 valence electrons. The van der Waals surface area contributed by atoms with E-state index < -0.39 is 0 Å². The highest BCUT2D eigenvalue weighted by Gasteiger charge is 2.30. The predicted octanol–water partition coefficient (Wildman–Crippen LogP) is 7.63. The van der Waals surface area contributed by atoms with Gasteiger partial charge in [-0.3, -0.25) is 0 Å². The summed E-state index contributed by atoms with van der Waals surface area (Å²) < 4.78 is 0. The molecule has 0 bridgehead atoms. The van der Waals surface area contributed by atoms with E-state index in [1.807, 2.05) is 0 Å². The molecule has 0 N–H and O–H groups in total. The monoisotopic (exact) mass is 388 g/mol. The van der Waals surface area contributed by atoms with Gasteiger partial charge in [-0.05, 0) is 97.6 Å². The molecule has 0 saturated heterocycles. The minimum absolute atomic E-state index is 0.824. The Morgan fingerprint density at radius 3 is 2.00 bits per heavy atom. The van der Waals surface area contributed by atoms with E-state index in [1.165, 1.54) is 69.8 Å². The second-order valence-electron chi connectivity index (χ2n) is 8.10. The maximum Gasteiger partial charge on any atom is -0.0162 e. The minimum atomic E-state index is 0.824. The average molecular weight is 389 g/mol. The molecule has 0 spiro atoms. The molecule has 2 aliphatic carbocycles. The third-order valence-corrected chi connectivity index (χ3v) is 6.89. The first kappa shape index (κ1) is 18.2. The fourth-order valence-electron chi connectivity index (χ4n) is 5.08. The Morgan fingerprint density at radius 2 is 1.46 bits per heavy atom. The Labute approximate surface area is 157 Å². The van der Waals surface area contributed by atoms with Gasteiger partial charge in [0.1, 0.15) is 0 Å². The first-order valence-corrected chi connectivity index (χ1v) is 11.1. The van der Waals surface area contributed by atoms with E-state index in [9.17, 15) is 0 Å². The molecule has 1 aromatic rings. The zero-order chi connectivity index (χ0) is 16.8. The molecule has 1 aromatic carbocycles. The van der Waals surface area contributed by atoms with Crippen LogP contribution in [0.3, 0.4) is 0 Å². The van der Waals surface area contributed by atoms with Crippen molar-refractivity contribution in [2.75, 3.05) is 0 Å². The van der Waals surface area contributed by atoms with Gasteiger partial charge in [-0.2, -0.15) is 0 Å². The van der Waals surface area contributed by atoms with Crippen molar-refractivity contribution in [3.63, 3.8) is 0 Å². The van der Waals surface area contributed by atoms with Crippen LogP contribution in [0, 0.1) is 17.8 Å². The number of hydrogen-bond acceptors (Lipinski definition) is 0. The predicted molar refractivity (Wildman–Crippen MR) is 109 cm³/mol. The molecule has 0 atom stereocenters. The van der Waals surface area contributed by atoms with Crippen LogP contribution in [-0.2, 0) is 6.42 Å². The van der Waals surface area contributed by atoms with Crippen molar-refractivity contribution in [1.82, 2.24) is 0 Å².